The van der Waals surface area contributed by atoms with Gasteiger partial charge in [0, 0.05) is 11.3 Å². The van der Waals surface area contributed by atoms with Crippen LogP contribution in [0.2, 0.25) is 0 Å². The van der Waals surface area contributed by atoms with Crippen molar-refractivity contribution in [1.29, 1.82) is 5.26 Å². The van der Waals surface area contributed by atoms with Crippen molar-refractivity contribution >= 4 is 56.7 Å². The number of esters is 1. The second kappa shape index (κ2) is 10.4. The molecule has 1 aliphatic carbocycles. The lowest BCUT2D eigenvalue weighted by molar-refractivity contribution is -0.121. The summed E-state index contributed by atoms with van der Waals surface area (Å²) >= 11 is 2.37. The molecule has 8 nitrogen and oxygen atoms in total. The van der Waals surface area contributed by atoms with Crippen LogP contribution in [0.5, 0.6) is 0 Å². The van der Waals surface area contributed by atoms with Crippen LogP contribution in [0, 0.1) is 17.4 Å². The number of amidine groups is 1. The molecule has 34 heavy (non-hydrogen) atoms. The molecule has 1 aromatic heterocycles. The molecule has 176 valence electrons. The monoisotopic (exact) mass is 496 g/mol. The molecule has 0 bridgehead atoms. The Morgan fingerprint density at radius 1 is 1.32 bits per heavy atom. The van der Waals surface area contributed by atoms with Gasteiger partial charge in [-0.05, 0) is 49.8 Å². The van der Waals surface area contributed by atoms with E-state index in [4.69, 9.17) is 10.00 Å². The maximum Gasteiger partial charge on any atom is 0.341 e. The summed E-state index contributed by atoms with van der Waals surface area (Å²) < 4.78 is 5.29. The van der Waals surface area contributed by atoms with Crippen LogP contribution < -0.4 is 10.2 Å². The van der Waals surface area contributed by atoms with E-state index >= 15 is 0 Å². The summed E-state index contributed by atoms with van der Waals surface area (Å²) in [6.07, 6.45) is 4.25. The van der Waals surface area contributed by atoms with Crippen molar-refractivity contribution < 1.29 is 19.1 Å². The largest absolute Gasteiger partial charge is 0.462 e. The number of carbonyl (C=O) groups is 3. The predicted octanol–water partition coefficient (Wildman–Crippen LogP) is 4.17. The fraction of sp³-hybridized carbons (Fsp3) is 0.375. The van der Waals surface area contributed by atoms with Gasteiger partial charge in [-0.3, -0.25) is 14.9 Å². The molecule has 1 aromatic carbocycles. The zero-order valence-corrected chi connectivity index (χ0v) is 20.5. The van der Waals surface area contributed by atoms with Gasteiger partial charge in [0.2, 0.25) is 11.8 Å². The molecule has 2 atom stereocenters. The van der Waals surface area contributed by atoms with Crippen molar-refractivity contribution in [3.63, 3.8) is 0 Å². The molecule has 0 unspecified atom stereocenters. The number of imide groups is 1. The zero-order valence-electron chi connectivity index (χ0n) is 18.9. The lowest BCUT2D eigenvalue weighted by Gasteiger charge is -2.18. The Hall–Kier alpha value is -3.16. The van der Waals surface area contributed by atoms with Crippen molar-refractivity contribution in [2.24, 2.45) is 10.9 Å². The number of amides is 2. The Labute approximate surface area is 206 Å². The van der Waals surface area contributed by atoms with Crippen LogP contribution in [0.15, 0.2) is 35.3 Å². The number of benzene rings is 1. The van der Waals surface area contributed by atoms with Gasteiger partial charge in [-0.1, -0.05) is 36.9 Å². The van der Waals surface area contributed by atoms with Crippen molar-refractivity contribution in [3.8, 4) is 6.19 Å². The van der Waals surface area contributed by atoms with Gasteiger partial charge in [-0.25, -0.2) is 14.7 Å². The normalized spacial score (nSPS) is 20.1. The standard InChI is InChI=1S/C24H24N4O4S2/c1-3-32-23(31)20-16-10-9-14(2)11-17(16)33-22(20)28-19(29)12-18(21(28)30)34-24(26-13-25)27-15-7-5-4-6-8-15/h4-8,14,18H,3,9-12H2,1-2H3,(H,26,27)/t14-,18+/m0/s1. The van der Waals surface area contributed by atoms with E-state index < -0.39 is 17.1 Å². The molecule has 2 amide bonds. The summed E-state index contributed by atoms with van der Waals surface area (Å²) in [6.45, 7) is 4.09. The number of para-hydroxylation sites is 1. The topological polar surface area (TPSA) is 112 Å². The number of fused-ring (bicyclic) bond motifs is 1. The molecule has 1 N–H and O–H groups in total. The number of anilines is 1. The van der Waals surface area contributed by atoms with E-state index in [0.717, 1.165) is 46.4 Å². The van der Waals surface area contributed by atoms with Gasteiger partial charge in [0.15, 0.2) is 11.4 Å². The molecule has 2 aromatic rings. The highest BCUT2D eigenvalue weighted by molar-refractivity contribution is 8.15. The quantitative estimate of drug-likeness (QED) is 0.165. The Morgan fingerprint density at radius 3 is 2.79 bits per heavy atom. The third-order valence-electron chi connectivity index (χ3n) is 5.68. The van der Waals surface area contributed by atoms with Crippen molar-refractivity contribution in [1.82, 2.24) is 5.32 Å². The van der Waals surface area contributed by atoms with E-state index in [1.165, 1.54) is 11.3 Å². The molecule has 0 saturated carbocycles. The number of carbonyl (C=O) groups excluding carboxylic acids is 3. The van der Waals surface area contributed by atoms with Gasteiger partial charge in [0.1, 0.15) is 10.3 Å². The van der Waals surface area contributed by atoms with Crippen LogP contribution in [-0.2, 0) is 27.2 Å². The Bertz CT molecular complexity index is 1190. The van der Waals surface area contributed by atoms with Crippen molar-refractivity contribution in [2.75, 3.05) is 11.5 Å². The van der Waals surface area contributed by atoms with Gasteiger partial charge in [0.05, 0.1) is 17.9 Å². The highest BCUT2D eigenvalue weighted by Crippen LogP contribution is 2.44. The van der Waals surface area contributed by atoms with Crippen molar-refractivity contribution in [3.05, 3.63) is 46.3 Å². The Morgan fingerprint density at radius 2 is 2.09 bits per heavy atom. The number of nitriles is 1. The zero-order chi connectivity index (χ0) is 24.2. The number of ether oxygens (including phenoxy) is 1. The lowest BCUT2D eigenvalue weighted by atomic mass is 9.88. The van der Waals surface area contributed by atoms with E-state index in [-0.39, 0.29) is 24.1 Å². The van der Waals surface area contributed by atoms with Crippen LogP contribution >= 0.6 is 23.1 Å². The number of hydrogen-bond donors (Lipinski definition) is 1. The number of nitrogens with zero attached hydrogens (tertiary/aromatic N) is 3. The highest BCUT2D eigenvalue weighted by Gasteiger charge is 2.44. The average Bonchev–Trinajstić information content (AvgIpc) is 3.30. The maximum atomic E-state index is 13.4. The van der Waals surface area contributed by atoms with Gasteiger partial charge in [-0.2, -0.15) is 5.26 Å². The number of thiophene rings is 1. The SMILES string of the molecule is CCOC(=O)c1c(N2C(=O)C[C@@H](SC(=Nc3ccccc3)NC#N)C2=O)sc2c1CC[C@H](C)C2. The van der Waals surface area contributed by atoms with E-state index in [9.17, 15) is 14.4 Å². The molecule has 10 heteroatoms. The summed E-state index contributed by atoms with van der Waals surface area (Å²) in [6, 6.07) is 9.03. The first-order valence-corrected chi connectivity index (χ1v) is 12.8. The van der Waals surface area contributed by atoms with Gasteiger partial charge < -0.3 is 4.74 Å². The summed E-state index contributed by atoms with van der Waals surface area (Å²) in [5.74, 6) is -0.835. The van der Waals surface area contributed by atoms with Crippen LogP contribution in [0.1, 0.15) is 47.5 Å². The Balaban J connectivity index is 1.65. The molecule has 0 spiro atoms. The second-order valence-corrected chi connectivity index (χ2v) is 10.4. The summed E-state index contributed by atoms with van der Waals surface area (Å²) in [5, 5.41) is 11.5. The average molecular weight is 497 g/mol. The molecule has 1 fully saturated rings. The third-order valence-corrected chi connectivity index (χ3v) is 7.99. The molecule has 0 radical (unpaired) electrons. The Kier molecular flexibility index (Phi) is 7.34. The van der Waals surface area contributed by atoms with E-state index in [0.29, 0.717) is 22.2 Å². The first-order valence-electron chi connectivity index (χ1n) is 11.1. The van der Waals surface area contributed by atoms with E-state index in [1.54, 1.807) is 19.1 Å². The lowest BCUT2D eigenvalue weighted by Crippen LogP contribution is -2.32. The fourth-order valence-electron chi connectivity index (χ4n) is 4.10. The summed E-state index contributed by atoms with van der Waals surface area (Å²) in [4.78, 5) is 45.8. The third kappa shape index (κ3) is 4.86. The predicted molar refractivity (Wildman–Crippen MR) is 132 cm³/mol. The summed E-state index contributed by atoms with van der Waals surface area (Å²) in [7, 11) is 0. The number of rotatable bonds is 5. The molecular weight excluding hydrogens is 472 g/mol. The number of hydrogen-bond acceptors (Lipinski definition) is 8. The molecule has 2 aliphatic rings. The van der Waals surface area contributed by atoms with Crippen LogP contribution in [-0.4, -0.2) is 34.8 Å². The number of aliphatic imine (C=N–C) groups is 1. The molecule has 1 aliphatic heterocycles. The minimum absolute atomic E-state index is 0.0499. The van der Waals surface area contributed by atoms with Crippen LogP contribution in [0.4, 0.5) is 10.7 Å². The first-order chi connectivity index (χ1) is 16.4. The molecular formula is C24H24N4O4S2. The smallest absolute Gasteiger partial charge is 0.341 e. The maximum absolute atomic E-state index is 13.4. The molecule has 1 saturated heterocycles. The minimum Gasteiger partial charge on any atom is -0.462 e. The van der Waals surface area contributed by atoms with Gasteiger partial charge in [0.25, 0.3) is 0 Å². The second-order valence-electron chi connectivity index (χ2n) is 8.12. The van der Waals surface area contributed by atoms with Gasteiger partial charge >= 0.3 is 5.97 Å². The molecule has 2 heterocycles. The van der Waals surface area contributed by atoms with Crippen LogP contribution in [0.3, 0.4) is 0 Å². The number of nitrogens with one attached hydrogen (secondary N) is 1. The highest BCUT2D eigenvalue weighted by atomic mass is 32.2. The van der Waals surface area contributed by atoms with E-state index in [1.807, 2.05) is 24.4 Å². The van der Waals surface area contributed by atoms with Crippen molar-refractivity contribution in [2.45, 2.75) is 44.8 Å². The molecule has 4 rings (SSSR count). The first kappa shape index (κ1) is 24.0. The fourth-order valence-corrected chi connectivity index (χ4v) is 6.59. The van der Waals surface area contributed by atoms with Crippen LogP contribution in [0.25, 0.3) is 0 Å². The van der Waals surface area contributed by atoms with E-state index in [2.05, 4.69) is 17.2 Å². The van der Waals surface area contributed by atoms with Gasteiger partial charge in [-0.15, -0.1) is 11.3 Å². The number of thioether (sulfide) groups is 1. The minimum atomic E-state index is -0.760. The summed E-state index contributed by atoms with van der Waals surface area (Å²) in [5.41, 5.74) is 1.85.